The average molecular weight is 690 g/mol. The molecule has 1 aliphatic heterocycles. The second kappa shape index (κ2) is 13.1. The van der Waals surface area contributed by atoms with Crippen molar-refractivity contribution in [3.8, 4) is 0 Å². The predicted molar refractivity (Wildman–Crippen MR) is 167 cm³/mol. The van der Waals surface area contributed by atoms with Gasteiger partial charge in [-0.2, -0.15) is 0 Å². The van der Waals surface area contributed by atoms with Crippen LogP contribution in [0, 0.1) is 11.7 Å². The monoisotopic (exact) mass is 689 g/mol. The van der Waals surface area contributed by atoms with Gasteiger partial charge in [-0.25, -0.2) is 4.39 Å². The summed E-state index contributed by atoms with van der Waals surface area (Å²) in [7, 11) is 1.88. The van der Waals surface area contributed by atoms with Crippen LogP contribution in [0.1, 0.15) is 66.9 Å². The molecule has 42 heavy (non-hydrogen) atoms. The highest BCUT2D eigenvalue weighted by molar-refractivity contribution is 14.1. The van der Waals surface area contributed by atoms with Crippen LogP contribution in [-0.4, -0.2) is 57.2 Å². The van der Waals surface area contributed by atoms with Crippen LogP contribution in [0.5, 0.6) is 0 Å². The number of benzene rings is 2. The summed E-state index contributed by atoms with van der Waals surface area (Å²) in [5, 5.41) is 12.9. The molecule has 0 radical (unpaired) electrons. The first-order chi connectivity index (χ1) is 20.2. The standard InChI is InChI=1S/C32H37FIN3O5/c1-19-7-10-23(18-42-24-11-8-20(9-12-24)32(40)41)37(19)30(38)14-21-13-22(16-34)28(15-27(21)33)35-31(39)26-17-36(2)29-6-4-3-5-25(26)29/h3-6,13,15,17,19-20,23-24H,7-12,14,16,18H2,1-2H3,(H,35,39)(H,40,41)/t19-,20?,23-,24?/m0/s1. The van der Waals surface area contributed by atoms with Crippen molar-refractivity contribution in [1.82, 2.24) is 9.47 Å². The van der Waals surface area contributed by atoms with Crippen LogP contribution in [-0.2, 0) is 32.2 Å². The van der Waals surface area contributed by atoms with Crippen LogP contribution < -0.4 is 5.32 Å². The molecule has 1 aliphatic carbocycles. The van der Waals surface area contributed by atoms with Gasteiger partial charge in [0.2, 0.25) is 5.91 Å². The Labute approximate surface area is 258 Å². The lowest BCUT2D eigenvalue weighted by Crippen LogP contribution is -2.43. The van der Waals surface area contributed by atoms with Crippen molar-refractivity contribution in [2.45, 2.75) is 74.5 Å². The molecule has 3 aromatic rings. The van der Waals surface area contributed by atoms with E-state index in [1.807, 2.05) is 47.7 Å². The summed E-state index contributed by atoms with van der Waals surface area (Å²) in [6.07, 6.45) is 6.02. The number of rotatable bonds is 9. The van der Waals surface area contributed by atoms with E-state index < -0.39 is 11.8 Å². The quantitative estimate of drug-likeness (QED) is 0.210. The van der Waals surface area contributed by atoms with Crippen molar-refractivity contribution in [2.75, 3.05) is 11.9 Å². The van der Waals surface area contributed by atoms with Crippen LogP contribution in [0.15, 0.2) is 42.6 Å². The summed E-state index contributed by atoms with van der Waals surface area (Å²) < 4.78 is 24.0. The molecule has 2 aromatic carbocycles. The molecule has 2 N–H and O–H groups in total. The Balaban J connectivity index is 1.25. The van der Waals surface area contributed by atoms with Crippen molar-refractivity contribution >= 4 is 57.0 Å². The number of para-hydroxylation sites is 1. The van der Waals surface area contributed by atoms with E-state index in [0.717, 1.165) is 29.3 Å². The van der Waals surface area contributed by atoms with E-state index in [0.29, 0.717) is 53.5 Å². The minimum Gasteiger partial charge on any atom is -0.481 e. The number of nitrogens with one attached hydrogen (secondary N) is 1. The number of hydrogen-bond donors (Lipinski definition) is 2. The molecule has 1 saturated carbocycles. The highest BCUT2D eigenvalue weighted by atomic mass is 127. The van der Waals surface area contributed by atoms with E-state index in [4.69, 9.17) is 4.74 Å². The lowest BCUT2D eigenvalue weighted by atomic mass is 9.87. The molecule has 2 fully saturated rings. The van der Waals surface area contributed by atoms with Crippen LogP contribution in [0.25, 0.3) is 10.9 Å². The number of anilines is 1. The maximum absolute atomic E-state index is 15.4. The summed E-state index contributed by atoms with van der Waals surface area (Å²) in [5.41, 5.74) is 2.90. The van der Waals surface area contributed by atoms with E-state index in [-0.39, 0.29) is 42.3 Å². The maximum Gasteiger partial charge on any atom is 0.306 e. The van der Waals surface area contributed by atoms with E-state index in [9.17, 15) is 19.5 Å². The number of fused-ring (bicyclic) bond motifs is 1. The second-order valence-electron chi connectivity index (χ2n) is 11.6. The fraction of sp³-hybridized carbons (Fsp3) is 0.469. The number of likely N-dealkylation sites (tertiary alicyclic amines) is 1. The molecule has 2 aliphatic rings. The Bertz CT molecular complexity index is 1480. The summed E-state index contributed by atoms with van der Waals surface area (Å²) in [6.45, 7) is 2.41. The van der Waals surface area contributed by atoms with Gasteiger partial charge in [0, 0.05) is 40.3 Å². The molecule has 10 heteroatoms. The van der Waals surface area contributed by atoms with Crippen molar-refractivity contribution in [3.63, 3.8) is 0 Å². The Hall–Kier alpha value is -2.99. The van der Waals surface area contributed by atoms with Gasteiger partial charge in [-0.1, -0.05) is 40.8 Å². The van der Waals surface area contributed by atoms with E-state index in [1.54, 1.807) is 12.3 Å². The number of carboxylic acids is 1. The number of aromatic nitrogens is 1. The van der Waals surface area contributed by atoms with E-state index in [2.05, 4.69) is 27.9 Å². The van der Waals surface area contributed by atoms with Crippen LogP contribution in [0.2, 0.25) is 0 Å². The van der Waals surface area contributed by atoms with Gasteiger partial charge in [-0.15, -0.1) is 0 Å². The van der Waals surface area contributed by atoms with E-state index in [1.165, 1.54) is 6.07 Å². The first-order valence-corrected chi connectivity index (χ1v) is 16.1. The summed E-state index contributed by atoms with van der Waals surface area (Å²) in [6, 6.07) is 10.6. The fourth-order valence-corrected chi connectivity index (χ4v) is 7.04. The first kappa shape index (κ1) is 30.5. The zero-order valence-corrected chi connectivity index (χ0v) is 26.1. The molecule has 2 heterocycles. The number of ether oxygens (including phenoxy) is 1. The highest BCUT2D eigenvalue weighted by Gasteiger charge is 2.36. The Morgan fingerprint density at radius 1 is 1.07 bits per heavy atom. The number of hydrogen-bond acceptors (Lipinski definition) is 4. The number of carboxylic acid groups (broad SMARTS) is 1. The van der Waals surface area contributed by atoms with Gasteiger partial charge in [-0.3, -0.25) is 14.4 Å². The number of halogens is 2. The molecule has 8 nitrogen and oxygen atoms in total. The third-order valence-electron chi connectivity index (χ3n) is 8.77. The number of alkyl halides is 1. The third-order valence-corrected chi connectivity index (χ3v) is 9.59. The normalized spacial score (nSPS) is 22.4. The highest BCUT2D eigenvalue weighted by Crippen LogP contribution is 2.31. The summed E-state index contributed by atoms with van der Waals surface area (Å²) >= 11 is 2.18. The number of carbonyl (C=O) groups excluding carboxylic acids is 2. The minimum atomic E-state index is -0.743. The van der Waals surface area contributed by atoms with Gasteiger partial charge in [0.1, 0.15) is 5.82 Å². The molecule has 224 valence electrons. The molecule has 1 saturated heterocycles. The summed E-state index contributed by atoms with van der Waals surface area (Å²) in [4.78, 5) is 39.8. The molecular weight excluding hydrogens is 652 g/mol. The zero-order valence-electron chi connectivity index (χ0n) is 23.9. The number of aryl methyl sites for hydroxylation is 1. The van der Waals surface area contributed by atoms with Gasteiger partial charge >= 0.3 is 5.97 Å². The fourth-order valence-electron chi connectivity index (χ4n) is 6.41. The Morgan fingerprint density at radius 2 is 1.81 bits per heavy atom. The smallest absolute Gasteiger partial charge is 0.306 e. The number of carbonyl (C=O) groups is 3. The Kier molecular flexibility index (Phi) is 9.51. The van der Waals surface area contributed by atoms with Crippen molar-refractivity contribution in [3.05, 3.63) is 65.1 Å². The second-order valence-corrected chi connectivity index (χ2v) is 12.3. The SMILES string of the molecule is C[C@H]1CC[C@@H](COC2CCC(C(=O)O)CC2)N1C(=O)Cc1cc(CI)c(NC(=O)c2cn(C)c3ccccc23)cc1F. The molecule has 0 spiro atoms. The van der Waals surface area contributed by atoms with Crippen LogP contribution in [0.4, 0.5) is 10.1 Å². The van der Waals surface area contributed by atoms with Gasteiger partial charge in [0.05, 0.1) is 36.7 Å². The maximum atomic E-state index is 15.4. The van der Waals surface area contributed by atoms with Crippen molar-refractivity contribution in [2.24, 2.45) is 13.0 Å². The van der Waals surface area contributed by atoms with Crippen molar-refractivity contribution in [1.29, 1.82) is 0 Å². The van der Waals surface area contributed by atoms with Gasteiger partial charge < -0.3 is 24.6 Å². The number of aliphatic carboxylic acids is 1. The van der Waals surface area contributed by atoms with Gasteiger partial charge in [0.15, 0.2) is 0 Å². The third kappa shape index (κ3) is 6.49. The molecule has 0 unspecified atom stereocenters. The molecule has 5 rings (SSSR count). The lowest BCUT2D eigenvalue weighted by molar-refractivity contribution is -0.144. The first-order valence-electron chi connectivity index (χ1n) is 14.5. The molecule has 0 bridgehead atoms. The topological polar surface area (TPSA) is 101 Å². The van der Waals surface area contributed by atoms with Gasteiger partial charge in [-0.05, 0) is 74.8 Å². The average Bonchev–Trinajstić information content (AvgIpc) is 3.52. The number of amides is 2. The molecule has 2 amide bonds. The molecule has 2 atom stereocenters. The largest absolute Gasteiger partial charge is 0.481 e. The Morgan fingerprint density at radius 3 is 2.52 bits per heavy atom. The summed E-state index contributed by atoms with van der Waals surface area (Å²) in [5.74, 6) is -2.02. The molecular formula is C32H37FIN3O5. The number of nitrogens with zero attached hydrogens (tertiary/aromatic N) is 2. The van der Waals surface area contributed by atoms with Gasteiger partial charge in [0.25, 0.3) is 5.91 Å². The van der Waals surface area contributed by atoms with Crippen molar-refractivity contribution < 1.29 is 28.6 Å². The minimum absolute atomic E-state index is 0.00810. The molecule has 1 aromatic heterocycles. The van der Waals surface area contributed by atoms with E-state index >= 15 is 4.39 Å². The lowest BCUT2D eigenvalue weighted by Gasteiger charge is -2.32. The van der Waals surface area contributed by atoms with Crippen LogP contribution in [0.3, 0.4) is 0 Å². The predicted octanol–water partition coefficient (Wildman–Crippen LogP) is 6.09. The zero-order chi connectivity index (χ0) is 30.0. The van der Waals surface area contributed by atoms with Crippen LogP contribution >= 0.6 is 22.6 Å².